The summed E-state index contributed by atoms with van der Waals surface area (Å²) in [6.45, 7) is 2.69. The third kappa shape index (κ3) is 34.5. The Hall–Kier alpha value is -2.56. The molecular formula is C40H70NO10P. The largest absolute Gasteiger partial charge is 0.480 e. The van der Waals surface area contributed by atoms with E-state index in [1.807, 2.05) is 12.2 Å². The van der Waals surface area contributed by atoms with Crippen molar-refractivity contribution < 1.29 is 47.5 Å². The van der Waals surface area contributed by atoms with E-state index < -0.39 is 51.1 Å². The molecule has 0 spiro atoms. The number of nitrogens with two attached hydrogens (primary N) is 1. The molecule has 0 aliphatic heterocycles. The number of rotatable bonds is 36. The molecule has 3 atom stereocenters. The average Bonchev–Trinajstić information content (AvgIpc) is 3.12. The van der Waals surface area contributed by atoms with Gasteiger partial charge in [0, 0.05) is 12.8 Å². The van der Waals surface area contributed by atoms with Gasteiger partial charge in [0.1, 0.15) is 12.6 Å². The van der Waals surface area contributed by atoms with Crippen LogP contribution < -0.4 is 5.73 Å². The minimum atomic E-state index is -4.72. The minimum Gasteiger partial charge on any atom is -0.480 e. The predicted octanol–water partition coefficient (Wildman–Crippen LogP) is 9.83. The second-order valence-corrected chi connectivity index (χ2v) is 14.5. The number of carboxylic acids is 1. The van der Waals surface area contributed by atoms with E-state index in [9.17, 15) is 23.8 Å². The summed E-state index contributed by atoms with van der Waals surface area (Å²) in [5.74, 6) is -2.46. The maximum atomic E-state index is 12.5. The van der Waals surface area contributed by atoms with Crippen molar-refractivity contribution in [2.75, 3.05) is 19.8 Å². The van der Waals surface area contributed by atoms with Crippen molar-refractivity contribution in [3.63, 3.8) is 0 Å². The van der Waals surface area contributed by atoms with Crippen LogP contribution in [0.2, 0.25) is 0 Å². The fraction of sp³-hybridized carbons (Fsp3) is 0.725. The molecule has 0 heterocycles. The maximum absolute atomic E-state index is 12.5. The van der Waals surface area contributed by atoms with Gasteiger partial charge in [0.05, 0.1) is 13.2 Å². The van der Waals surface area contributed by atoms with Gasteiger partial charge in [0.15, 0.2) is 6.10 Å². The van der Waals surface area contributed by atoms with Gasteiger partial charge in [-0.25, -0.2) is 4.57 Å². The minimum absolute atomic E-state index is 0.0853. The van der Waals surface area contributed by atoms with E-state index in [0.29, 0.717) is 19.3 Å². The highest BCUT2D eigenvalue weighted by atomic mass is 31.2. The van der Waals surface area contributed by atoms with Crippen molar-refractivity contribution in [2.45, 2.75) is 167 Å². The lowest BCUT2D eigenvalue weighted by Gasteiger charge is -2.20. The summed E-state index contributed by atoms with van der Waals surface area (Å²) in [6.07, 6.45) is 37.6. The Morgan fingerprint density at radius 2 is 1.04 bits per heavy atom. The second kappa shape index (κ2) is 35.5. The predicted molar refractivity (Wildman–Crippen MR) is 208 cm³/mol. The van der Waals surface area contributed by atoms with Gasteiger partial charge in [0.2, 0.25) is 0 Å². The summed E-state index contributed by atoms with van der Waals surface area (Å²) >= 11 is 0. The van der Waals surface area contributed by atoms with Crippen LogP contribution in [0.25, 0.3) is 0 Å². The molecular weight excluding hydrogens is 685 g/mol. The van der Waals surface area contributed by atoms with Crippen LogP contribution in [0.1, 0.15) is 155 Å². The monoisotopic (exact) mass is 755 g/mol. The van der Waals surface area contributed by atoms with E-state index >= 15 is 0 Å². The van der Waals surface area contributed by atoms with Crippen molar-refractivity contribution in [3.8, 4) is 0 Å². The van der Waals surface area contributed by atoms with E-state index in [0.717, 1.165) is 44.9 Å². The third-order valence-corrected chi connectivity index (χ3v) is 9.03. The van der Waals surface area contributed by atoms with E-state index in [-0.39, 0.29) is 19.4 Å². The Kier molecular flexibility index (Phi) is 33.7. The molecule has 0 fully saturated rings. The van der Waals surface area contributed by atoms with Crippen LogP contribution in [0, 0.1) is 0 Å². The van der Waals surface area contributed by atoms with Gasteiger partial charge in [-0.15, -0.1) is 0 Å². The molecule has 0 rings (SSSR count). The summed E-state index contributed by atoms with van der Waals surface area (Å²) in [5, 5.41) is 8.86. The Morgan fingerprint density at radius 1 is 0.596 bits per heavy atom. The normalized spacial score (nSPS) is 14.4. The number of hydrogen-bond donors (Lipinski definition) is 3. The number of esters is 2. The van der Waals surface area contributed by atoms with Crippen LogP contribution in [0.15, 0.2) is 48.6 Å². The van der Waals surface area contributed by atoms with Crippen molar-refractivity contribution in [3.05, 3.63) is 48.6 Å². The maximum Gasteiger partial charge on any atom is 0.472 e. The lowest BCUT2D eigenvalue weighted by Crippen LogP contribution is -2.34. The summed E-state index contributed by atoms with van der Waals surface area (Å²) in [7, 11) is -4.72. The van der Waals surface area contributed by atoms with Crippen LogP contribution in [0.5, 0.6) is 0 Å². The van der Waals surface area contributed by atoms with E-state index in [2.05, 4.69) is 54.8 Å². The van der Waals surface area contributed by atoms with E-state index in [1.165, 1.54) is 64.2 Å². The van der Waals surface area contributed by atoms with Crippen LogP contribution >= 0.6 is 7.82 Å². The first kappa shape index (κ1) is 49.4. The first-order chi connectivity index (χ1) is 25.1. The number of carboxylic acid groups (broad SMARTS) is 1. The van der Waals surface area contributed by atoms with E-state index in [1.54, 1.807) is 0 Å². The number of phosphoric ester groups is 1. The highest BCUT2D eigenvalue weighted by molar-refractivity contribution is 7.47. The number of carbonyl (C=O) groups excluding carboxylic acids is 2. The lowest BCUT2D eigenvalue weighted by molar-refractivity contribution is -0.161. The summed E-state index contributed by atoms with van der Waals surface area (Å²) in [5.41, 5.74) is 5.31. The van der Waals surface area contributed by atoms with Gasteiger partial charge in [0.25, 0.3) is 0 Å². The fourth-order valence-corrected chi connectivity index (χ4v) is 5.72. The molecule has 0 saturated carbocycles. The number of ether oxygens (including phenoxy) is 2. The van der Waals surface area contributed by atoms with Crippen LogP contribution in [0.4, 0.5) is 0 Å². The number of carbonyl (C=O) groups is 3. The standard InChI is InChI=1S/C40H70NO10P/c1-3-5-7-9-11-13-15-16-17-18-19-20-22-24-26-28-30-32-39(43)51-36(34-49-52(46,47)50-35-37(41)40(44)45)33-48-38(42)31-29-27-25-23-21-14-12-10-8-6-4-2/h11,13,16-17,19-20,24,26,36-37H,3-10,12,14-15,18,21-23,25,27-35,41H2,1-2H3,(H,44,45)(H,46,47)/t36-,37+/m1/s1. The van der Waals surface area contributed by atoms with Crippen LogP contribution in [0.3, 0.4) is 0 Å². The van der Waals surface area contributed by atoms with Crippen LogP contribution in [-0.4, -0.2) is 59.9 Å². The number of hydrogen-bond acceptors (Lipinski definition) is 9. The van der Waals surface area contributed by atoms with Gasteiger partial charge in [-0.1, -0.05) is 140 Å². The lowest BCUT2D eigenvalue weighted by atomic mass is 10.1. The zero-order valence-corrected chi connectivity index (χ0v) is 33.0. The van der Waals surface area contributed by atoms with Crippen molar-refractivity contribution >= 4 is 25.7 Å². The summed E-state index contributed by atoms with van der Waals surface area (Å²) < 4.78 is 32.5. The third-order valence-electron chi connectivity index (χ3n) is 8.08. The Labute approximate surface area is 314 Å². The van der Waals surface area contributed by atoms with Gasteiger partial charge in [-0.05, 0) is 51.4 Å². The van der Waals surface area contributed by atoms with Gasteiger partial charge >= 0.3 is 25.7 Å². The summed E-state index contributed by atoms with van der Waals surface area (Å²) in [6, 6.07) is -1.53. The molecule has 0 aromatic heterocycles. The Morgan fingerprint density at radius 3 is 1.58 bits per heavy atom. The molecule has 0 aromatic rings. The SMILES string of the molecule is CCCCCC=CCC=CCC=CCC=CCCCC(=O)O[C@H](COC(=O)CCCCCCCCCCCCC)COP(=O)(O)OC[C@H](N)C(=O)O. The molecule has 0 bridgehead atoms. The number of aliphatic carboxylic acids is 1. The van der Waals surface area contributed by atoms with Crippen molar-refractivity contribution in [1.82, 2.24) is 0 Å². The molecule has 1 unspecified atom stereocenters. The van der Waals surface area contributed by atoms with Gasteiger partial charge in [-0.2, -0.15) is 0 Å². The molecule has 0 aromatic carbocycles. The first-order valence-corrected chi connectivity index (χ1v) is 21.2. The highest BCUT2D eigenvalue weighted by Crippen LogP contribution is 2.43. The molecule has 0 radical (unpaired) electrons. The molecule has 4 N–H and O–H groups in total. The van der Waals surface area contributed by atoms with Gasteiger partial charge < -0.3 is 25.2 Å². The molecule has 12 heteroatoms. The summed E-state index contributed by atoms with van der Waals surface area (Å²) in [4.78, 5) is 45.7. The zero-order valence-electron chi connectivity index (χ0n) is 32.1. The smallest absolute Gasteiger partial charge is 0.472 e. The van der Waals surface area contributed by atoms with E-state index in [4.69, 9.17) is 24.8 Å². The Balaban J connectivity index is 4.53. The average molecular weight is 756 g/mol. The molecule has 0 amide bonds. The Bertz CT molecular complexity index is 1070. The molecule has 0 aliphatic carbocycles. The number of unbranched alkanes of at least 4 members (excludes halogenated alkanes) is 14. The van der Waals surface area contributed by atoms with Crippen molar-refractivity contribution in [1.29, 1.82) is 0 Å². The zero-order chi connectivity index (χ0) is 38.5. The second-order valence-electron chi connectivity index (χ2n) is 13.1. The van der Waals surface area contributed by atoms with Crippen LogP contribution in [-0.2, 0) is 37.5 Å². The van der Waals surface area contributed by atoms with Crippen molar-refractivity contribution in [2.24, 2.45) is 5.73 Å². The molecule has 0 aliphatic rings. The topological polar surface area (TPSA) is 172 Å². The quantitative estimate of drug-likeness (QED) is 0.0241. The van der Waals surface area contributed by atoms with Gasteiger partial charge in [-0.3, -0.25) is 23.4 Å². The molecule has 0 saturated heterocycles. The molecule has 52 heavy (non-hydrogen) atoms. The molecule has 11 nitrogen and oxygen atoms in total. The first-order valence-electron chi connectivity index (χ1n) is 19.7. The molecule has 300 valence electrons. The fourth-order valence-electron chi connectivity index (χ4n) is 4.94. The number of allylic oxidation sites excluding steroid dienone is 8. The number of phosphoric acid groups is 1. The highest BCUT2D eigenvalue weighted by Gasteiger charge is 2.28.